The largest absolute Gasteiger partial charge is 0.383 e. The molecule has 0 saturated carbocycles. The average Bonchev–Trinajstić information content (AvgIpc) is 2.93. The van der Waals surface area contributed by atoms with Gasteiger partial charge in [-0.1, -0.05) is 36.1 Å². The van der Waals surface area contributed by atoms with Gasteiger partial charge in [0.05, 0.1) is 17.1 Å². The van der Waals surface area contributed by atoms with Crippen LogP contribution in [0.1, 0.15) is 5.56 Å². The fraction of sp³-hybridized carbons (Fsp3) is 0.222. The Morgan fingerprint density at radius 3 is 2.96 bits per heavy atom. The molecule has 0 radical (unpaired) electrons. The second kappa shape index (κ2) is 8.47. The summed E-state index contributed by atoms with van der Waals surface area (Å²) in [6, 6.07) is 5.30. The highest BCUT2D eigenvalue weighted by atomic mass is 32.2. The standard InChI is InChI=1S/C18H18N4O3S2/c1-3-8-22-17(24)13(27-18(22)26)11-12-15(19-7-10-25-2)20-14-6-4-5-9-21(14)16(12)23/h3-6,9,11,19H,1,7-8,10H2,2H3/b13-11-. The molecule has 9 heteroatoms. The molecule has 1 saturated heterocycles. The fourth-order valence-corrected chi connectivity index (χ4v) is 3.81. The molecule has 3 rings (SSSR count). The SMILES string of the molecule is C=CCN1C(=O)/C(=C/c2c(NCCOC)nc3ccccn3c2=O)SC1=S. The summed E-state index contributed by atoms with van der Waals surface area (Å²) in [6.45, 7) is 4.90. The molecule has 7 nitrogen and oxygen atoms in total. The Hall–Kier alpha value is -2.49. The van der Waals surface area contributed by atoms with Crippen LogP contribution in [0, 0.1) is 0 Å². The van der Waals surface area contributed by atoms with Crippen LogP contribution in [0.4, 0.5) is 5.82 Å². The molecule has 1 aliphatic heterocycles. The lowest BCUT2D eigenvalue weighted by atomic mass is 10.2. The second-order valence-corrected chi connectivity index (χ2v) is 7.28. The van der Waals surface area contributed by atoms with Gasteiger partial charge >= 0.3 is 0 Å². The number of thioether (sulfide) groups is 1. The Balaban J connectivity index is 2.09. The maximum Gasteiger partial charge on any atom is 0.267 e. The number of thiocarbonyl (C=S) groups is 1. The van der Waals surface area contributed by atoms with Gasteiger partial charge in [-0.05, 0) is 18.2 Å². The first-order valence-electron chi connectivity index (χ1n) is 8.17. The van der Waals surface area contributed by atoms with Gasteiger partial charge in [0.15, 0.2) is 0 Å². The van der Waals surface area contributed by atoms with Crippen molar-refractivity contribution in [2.45, 2.75) is 0 Å². The van der Waals surface area contributed by atoms with Crippen molar-refractivity contribution >= 4 is 51.7 Å². The molecule has 1 N–H and O–H groups in total. The first kappa shape index (κ1) is 19.3. The predicted octanol–water partition coefficient (Wildman–Crippen LogP) is 2.14. The summed E-state index contributed by atoms with van der Waals surface area (Å²) < 4.78 is 6.93. The van der Waals surface area contributed by atoms with E-state index in [2.05, 4.69) is 16.9 Å². The molecule has 1 fully saturated rings. The van der Waals surface area contributed by atoms with E-state index >= 15 is 0 Å². The zero-order chi connectivity index (χ0) is 19.4. The number of nitrogens with zero attached hydrogens (tertiary/aromatic N) is 3. The number of carbonyl (C=O) groups is 1. The van der Waals surface area contributed by atoms with Crippen LogP contribution in [-0.4, -0.2) is 51.3 Å². The van der Waals surface area contributed by atoms with Crippen LogP contribution in [0.15, 0.2) is 46.8 Å². The Bertz CT molecular complexity index is 1000. The summed E-state index contributed by atoms with van der Waals surface area (Å²) in [6.07, 6.45) is 4.80. The fourth-order valence-electron chi connectivity index (χ4n) is 2.56. The smallest absolute Gasteiger partial charge is 0.267 e. The molecule has 140 valence electrons. The van der Waals surface area contributed by atoms with Crippen molar-refractivity contribution in [1.82, 2.24) is 14.3 Å². The minimum atomic E-state index is -0.269. The molecule has 3 heterocycles. The number of fused-ring (bicyclic) bond motifs is 1. The zero-order valence-electron chi connectivity index (χ0n) is 14.7. The van der Waals surface area contributed by atoms with Gasteiger partial charge in [-0.3, -0.25) is 18.9 Å². The predicted molar refractivity (Wildman–Crippen MR) is 112 cm³/mol. The molecule has 2 aromatic rings. The zero-order valence-corrected chi connectivity index (χ0v) is 16.3. The second-order valence-electron chi connectivity index (χ2n) is 5.61. The Morgan fingerprint density at radius 1 is 1.41 bits per heavy atom. The van der Waals surface area contributed by atoms with Crippen molar-refractivity contribution in [1.29, 1.82) is 0 Å². The number of rotatable bonds is 7. The van der Waals surface area contributed by atoms with E-state index in [-0.39, 0.29) is 11.5 Å². The maximum absolute atomic E-state index is 13.0. The van der Waals surface area contributed by atoms with Crippen molar-refractivity contribution in [2.75, 3.05) is 32.1 Å². The number of ether oxygens (including phenoxy) is 1. The number of carbonyl (C=O) groups excluding carboxylic acids is 1. The maximum atomic E-state index is 13.0. The number of aromatic nitrogens is 2. The minimum absolute atomic E-state index is 0.245. The van der Waals surface area contributed by atoms with Crippen LogP contribution in [0.2, 0.25) is 0 Å². The van der Waals surface area contributed by atoms with E-state index in [9.17, 15) is 9.59 Å². The number of hydrogen-bond acceptors (Lipinski definition) is 7. The molecule has 2 aromatic heterocycles. The number of nitrogens with one attached hydrogen (secondary N) is 1. The van der Waals surface area contributed by atoms with Crippen molar-refractivity contribution < 1.29 is 9.53 Å². The average molecular weight is 403 g/mol. The molecule has 0 atom stereocenters. The van der Waals surface area contributed by atoms with Gasteiger partial charge in [-0.2, -0.15) is 0 Å². The van der Waals surface area contributed by atoms with E-state index in [4.69, 9.17) is 17.0 Å². The summed E-state index contributed by atoms with van der Waals surface area (Å²) in [7, 11) is 1.59. The van der Waals surface area contributed by atoms with Gasteiger partial charge in [0, 0.05) is 26.4 Å². The Kier molecular flexibility index (Phi) is 6.04. The molecule has 1 aliphatic rings. The van der Waals surface area contributed by atoms with E-state index in [1.165, 1.54) is 9.30 Å². The van der Waals surface area contributed by atoms with E-state index in [0.29, 0.717) is 46.0 Å². The van der Waals surface area contributed by atoms with Crippen LogP contribution < -0.4 is 10.9 Å². The third-order valence-corrected chi connectivity index (χ3v) is 5.21. The van der Waals surface area contributed by atoms with Crippen molar-refractivity contribution in [2.24, 2.45) is 0 Å². The quantitative estimate of drug-likeness (QED) is 0.329. The molecule has 0 bridgehead atoms. The van der Waals surface area contributed by atoms with Crippen molar-refractivity contribution in [3.05, 3.63) is 57.9 Å². The van der Waals surface area contributed by atoms with Gasteiger partial charge in [0.2, 0.25) is 0 Å². The van der Waals surface area contributed by atoms with Crippen LogP contribution in [0.25, 0.3) is 11.7 Å². The summed E-state index contributed by atoms with van der Waals surface area (Å²) in [5, 5.41) is 3.11. The summed E-state index contributed by atoms with van der Waals surface area (Å²) >= 11 is 6.41. The molecule has 0 aliphatic carbocycles. The topological polar surface area (TPSA) is 75.9 Å². The third-order valence-electron chi connectivity index (χ3n) is 3.83. The lowest BCUT2D eigenvalue weighted by molar-refractivity contribution is -0.121. The summed E-state index contributed by atoms with van der Waals surface area (Å²) in [4.78, 5) is 31.9. The molecule has 0 unspecified atom stereocenters. The van der Waals surface area contributed by atoms with E-state index in [0.717, 1.165) is 11.8 Å². The van der Waals surface area contributed by atoms with Gasteiger partial charge in [0.1, 0.15) is 15.8 Å². The number of methoxy groups -OCH3 is 1. The molecular formula is C18H18N4O3S2. The van der Waals surface area contributed by atoms with Gasteiger partial charge in [-0.25, -0.2) is 4.98 Å². The van der Waals surface area contributed by atoms with Gasteiger partial charge < -0.3 is 10.1 Å². The van der Waals surface area contributed by atoms with Gasteiger partial charge in [0.25, 0.3) is 11.5 Å². The number of hydrogen-bond donors (Lipinski definition) is 1. The monoisotopic (exact) mass is 402 g/mol. The number of amides is 1. The minimum Gasteiger partial charge on any atom is -0.383 e. The highest BCUT2D eigenvalue weighted by Gasteiger charge is 2.31. The summed E-state index contributed by atoms with van der Waals surface area (Å²) in [5.74, 6) is 0.155. The van der Waals surface area contributed by atoms with Crippen LogP contribution in [-0.2, 0) is 9.53 Å². The highest BCUT2D eigenvalue weighted by Crippen LogP contribution is 2.32. The van der Waals surface area contributed by atoms with Crippen LogP contribution >= 0.6 is 24.0 Å². The van der Waals surface area contributed by atoms with E-state index in [1.807, 2.05) is 0 Å². The molecule has 1 amide bonds. The lowest BCUT2D eigenvalue weighted by Crippen LogP contribution is -2.28. The van der Waals surface area contributed by atoms with Crippen LogP contribution in [0.5, 0.6) is 0 Å². The van der Waals surface area contributed by atoms with E-state index in [1.54, 1.807) is 43.7 Å². The molecule has 27 heavy (non-hydrogen) atoms. The first-order valence-corrected chi connectivity index (χ1v) is 9.39. The summed E-state index contributed by atoms with van der Waals surface area (Å²) in [5.41, 5.74) is 0.544. The Morgan fingerprint density at radius 2 is 2.22 bits per heavy atom. The van der Waals surface area contributed by atoms with E-state index < -0.39 is 0 Å². The number of pyridine rings is 1. The van der Waals surface area contributed by atoms with Gasteiger partial charge in [-0.15, -0.1) is 6.58 Å². The lowest BCUT2D eigenvalue weighted by Gasteiger charge is -2.11. The number of anilines is 1. The third kappa shape index (κ3) is 3.95. The van der Waals surface area contributed by atoms with Crippen molar-refractivity contribution in [3.8, 4) is 0 Å². The molecule has 0 aromatic carbocycles. The normalized spacial score (nSPS) is 15.7. The first-order chi connectivity index (χ1) is 13.1. The Labute approximate surface area is 165 Å². The highest BCUT2D eigenvalue weighted by molar-refractivity contribution is 8.26. The van der Waals surface area contributed by atoms with Crippen molar-refractivity contribution in [3.63, 3.8) is 0 Å². The molecular weight excluding hydrogens is 384 g/mol. The molecule has 0 spiro atoms. The van der Waals surface area contributed by atoms with Crippen LogP contribution in [0.3, 0.4) is 0 Å².